The van der Waals surface area contributed by atoms with Crippen molar-refractivity contribution < 1.29 is 31.4 Å². The third-order valence-electron chi connectivity index (χ3n) is 5.19. The first-order chi connectivity index (χ1) is 15.1. The molecule has 0 bridgehead atoms. The minimum Gasteiger partial charge on any atom is -0.395 e. The van der Waals surface area contributed by atoms with Gasteiger partial charge in [-0.15, -0.1) is 0 Å². The molecule has 1 fully saturated rings. The largest absolute Gasteiger partial charge is 0.416 e. The standard InChI is InChI=1S/C17H23BrF3NO3S.C4H11NO/c1-22(14-5-7-15(8-6-14)25-12-2-11-18)26(23,24)16-9-3-13(4-10-16)17(19,20)21;1-2-5-3-4-6/h3-4,9-10,14-15H,2,5-8,11-12H2,1H3;5-6H,2-4H2,1H3. The topological polar surface area (TPSA) is 78.9 Å². The van der Waals surface area contributed by atoms with E-state index in [4.69, 9.17) is 9.84 Å². The Balaban J connectivity index is 0.000000751. The van der Waals surface area contributed by atoms with Gasteiger partial charge in [-0.05, 0) is 62.9 Å². The summed E-state index contributed by atoms with van der Waals surface area (Å²) >= 11 is 3.35. The zero-order chi connectivity index (χ0) is 24.2. The summed E-state index contributed by atoms with van der Waals surface area (Å²) in [6.45, 7) is 4.60. The van der Waals surface area contributed by atoms with Crippen molar-refractivity contribution in [2.45, 2.75) is 62.2 Å². The summed E-state index contributed by atoms with van der Waals surface area (Å²) in [5.74, 6) is 0. The second-order valence-corrected chi connectivity index (χ2v) is 10.3. The average Bonchev–Trinajstić information content (AvgIpc) is 2.77. The Hall–Kier alpha value is -0.720. The van der Waals surface area contributed by atoms with Gasteiger partial charge in [0.15, 0.2) is 0 Å². The maximum absolute atomic E-state index is 12.7. The van der Waals surface area contributed by atoms with Gasteiger partial charge in [0.25, 0.3) is 0 Å². The van der Waals surface area contributed by atoms with E-state index in [0.717, 1.165) is 61.9 Å². The summed E-state index contributed by atoms with van der Waals surface area (Å²) < 4.78 is 70.3. The van der Waals surface area contributed by atoms with Crippen LogP contribution in [0.5, 0.6) is 0 Å². The number of ether oxygens (including phenoxy) is 1. The third kappa shape index (κ3) is 9.64. The number of aliphatic hydroxyl groups excluding tert-OH is 1. The number of hydrogen-bond acceptors (Lipinski definition) is 5. The summed E-state index contributed by atoms with van der Waals surface area (Å²) in [4.78, 5) is -0.122. The Bertz CT molecular complexity index is 736. The summed E-state index contributed by atoms with van der Waals surface area (Å²) in [6, 6.07) is 3.47. The Labute approximate surface area is 197 Å². The molecule has 0 amide bonds. The highest BCUT2D eigenvalue weighted by molar-refractivity contribution is 9.09. The van der Waals surface area contributed by atoms with E-state index in [1.807, 2.05) is 6.92 Å². The van der Waals surface area contributed by atoms with Crippen LogP contribution in [-0.2, 0) is 20.9 Å². The summed E-state index contributed by atoms with van der Waals surface area (Å²) in [5, 5.41) is 12.0. The molecule has 0 heterocycles. The van der Waals surface area contributed by atoms with Crippen LogP contribution in [0.1, 0.15) is 44.6 Å². The minimum atomic E-state index is -4.48. The number of halogens is 4. The summed E-state index contributed by atoms with van der Waals surface area (Å²) in [6.07, 6.45) is -0.499. The number of rotatable bonds is 10. The van der Waals surface area contributed by atoms with E-state index in [0.29, 0.717) is 19.4 Å². The van der Waals surface area contributed by atoms with E-state index in [9.17, 15) is 21.6 Å². The van der Waals surface area contributed by atoms with Crippen LogP contribution in [0, 0.1) is 0 Å². The lowest BCUT2D eigenvalue weighted by Crippen LogP contribution is -2.40. The van der Waals surface area contributed by atoms with Gasteiger partial charge in [0.1, 0.15) is 0 Å². The fourth-order valence-corrected chi connectivity index (χ4v) is 4.96. The average molecular weight is 547 g/mol. The molecule has 2 N–H and O–H groups in total. The van der Waals surface area contributed by atoms with Crippen LogP contribution in [0.2, 0.25) is 0 Å². The molecular formula is C21H34BrF3N2O4S. The summed E-state index contributed by atoms with van der Waals surface area (Å²) in [7, 11) is -2.33. The van der Waals surface area contributed by atoms with Crippen molar-refractivity contribution in [3.05, 3.63) is 29.8 Å². The third-order valence-corrected chi connectivity index (χ3v) is 7.67. The first-order valence-corrected chi connectivity index (χ1v) is 13.3. The van der Waals surface area contributed by atoms with E-state index >= 15 is 0 Å². The normalized spacial score (nSPS) is 19.5. The number of aliphatic hydroxyl groups is 1. The fourth-order valence-electron chi connectivity index (χ4n) is 3.31. The molecule has 0 aromatic heterocycles. The van der Waals surface area contributed by atoms with Gasteiger partial charge in [0.05, 0.1) is 23.2 Å². The molecule has 6 nitrogen and oxygen atoms in total. The van der Waals surface area contributed by atoms with Crippen LogP contribution in [0.25, 0.3) is 0 Å². The molecule has 0 saturated heterocycles. The van der Waals surface area contributed by atoms with Crippen molar-refractivity contribution in [2.75, 3.05) is 38.7 Å². The Morgan fingerprint density at radius 1 is 1.19 bits per heavy atom. The van der Waals surface area contributed by atoms with Crippen molar-refractivity contribution in [1.82, 2.24) is 9.62 Å². The highest BCUT2D eigenvalue weighted by atomic mass is 79.9. The van der Waals surface area contributed by atoms with Gasteiger partial charge in [0, 0.05) is 31.6 Å². The van der Waals surface area contributed by atoms with Crippen LogP contribution in [0.4, 0.5) is 13.2 Å². The van der Waals surface area contributed by atoms with Gasteiger partial charge in [-0.25, -0.2) is 8.42 Å². The first kappa shape index (κ1) is 29.3. The molecule has 32 heavy (non-hydrogen) atoms. The van der Waals surface area contributed by atoms with Crippen LogP contribution in [0.3, 0.4) is 0 Å². The highest BCUT2D eigenvalue weighted by Gasteiger charge is 2.33. The van der Waals surface area contributed by atoms with Gasteiger partial charge in [-0.1, -0.05) is 22.9 Å². The molecule has 2 rings (SSSR count). The lowest BCUT2D eigenvalue weighted by atomic mass is 9.93. The van der Waals surface area contributed by atoms with E-state index in [-0.39, 0.29) is 23.6 Å². The molecule has 1 aromatic carbocycles. The van der Waals surface area contributed by atoms with Crippen molar-refractivity contribution in [2.24, 2.45) is 0 Å². The van der Waals surface area contributed by atoms with E-state index in [1.54, 1.807) is 0 Å². The number of nitrogens with one attached hydrogen (secondary N) is 1. The molecular weight excluding hydrogens is 513 g/mol. The lowest BCUT2D eigenvalue weighted by Gasteiger charge is -2.34. The molecule has 186 valence electrons. The van der Waals surface area contributed by atoms with Crippen molar-refractivity contribution in [3.63, 3.8) is 0 Å². The second-order valence-electron chi connectivity index (χ2n) is 7.46. The molecule has 0 atom stereocenters. The van der Waals surface area contributed by atoms with Crippen molar-refractivity contribution in [3.8, 4) is 0 Å². The van der Waals surface area contributed by atoms with Crippen LogP contribution in [0.15, 0.2) is 29.2 Å². The van der Waals surface area contributed by atoms with Crippen molar-refractivity contribution >= 4 is 26.0 Å². The Morgan fingerprint density at radius 2 is 1.78 bits per heavy atom. The Morgan fingerprint density at radius 3 is 2.22 bits per heavy atom. The monoisotopic (exact) mass is 546 g/mol. The van der Waals surface area contributed by atoms with Gasteiger partial charge in [-0.2, -0.15) is 17.5 Å². The quantitative estimate of drug-likeness (QED) is 0.342. The molecule has 1 aromatic rings. The maximum Gasteiger partial charge on any atom is 0.416 e. The zero-order valence-electron chi connectivity index (χ0n) is 18.6. The Kier molecular flexibility index (Phi) is 13.3. The van der Waals surface area contributed by atoms with Gasteiger partial charge in [0.2, 0.25) is 10.0 Å². The van der Waals surface area contributed by atoms with E-state index < -0.39 is 21.8 Å². The second kappa shape index (κ2) is 14.5. The van der Waals surface area contributed by atoms with Gasteiger partial charge >= 0.3 is 6.18 Å². The zero-order valence-corrected chi connectivity index (χ0v) is 21.0. The van der Waals surface area contributed by atoms with Crippen molar-refractivity contribution in [1.29, 1.82) is 0 Å². The molecule has 11 heteroatoms. The minimum absolute atomic E-state index is 0.122. The maximum atomic E-state index is 12.7. The number of likely N-dealkylation sites (N-methyl/N-ethyl adjacent to an activating group) is 1. The SMILES string of the molecule is CCNCCO.CN(C1CCC(OCCCBr)CC1)S(=O)(=O)c1ccc(C(F)(F)F)cc1. The van der Waals surface area contributed by atoms with Crippen LogP contribution >= 0.6 is 15.9 Å². The predicted molar refractivity (Wildman–Crippen MR) is 122 cm³/mol. The first-order valence-electron chi connectivity index (χ1n) is 10.7. The van der Waals surface area contributed by atoms with E-state index in [2.05, 4.69) is 21.2 Å². The molecule has 0 spiro atoms. The van der Waals surface area contributed by atoms with Crippen LogP contribution in [-0.4, -0.2) is 68.7 Å². The summed E-state index contributed by atoms with van der Waals surface area (Å²) in [5.41, 5.74) is -0.861. The number of hydrogen-bond donors (Lipinski definition) is 2. The molecule has 1 aliphatic rings. The number of sulfonamides is 1. The van der Waals surface area contributed by atoms with E-state index in [1.165, 1.54) is 11.4 Å². The lowest BCUT2D eigenvalue weighted by molar-refractivity contribution is -0.137. The smallest absolute Gasteiger partial charge is 0.395 e. The molecule has 1 saturated carbocycles. The number of nitrogens with zero attached hydrogens (tertiary/aromatic N) is 1. The fraction of sp³-hybridized carbons (Fsp3) is 0.714. The van der Waals surface area contributed by atoms with Crippen LogP contribution < -0.4 is 5.32 Å². The highest BCUT2D eigenvalue weighted by Crippen LogP contribution is 2.32. The molecule has 0 radical (unpaired) electrons. The number of benzene rings is 1. The molecule has 0 unspecified atom stereocenters. The molecule has 1 aliphatic carbocycles. The number of alkyl halides is 4. The van der Waals surface area contributed by atoms with Gasteiger partial charge < -0.3 is 15.2 Å². The molecule has 0 aliphatic heterocycles. The van der Waals surface area contributed by atoms with Gasteiger partial charge in [-0.3, -0.25) is 0 Å². The predicted octanol–water partition coefficient (Wildman–Crippen LogP) is 4.03.